The highest BCUT2D eigenvalue weighted by Crippen LogP contribution is 2.27. The molecule has 0 aliphatic carbocycles. The van der Waals surface area contributed by atoms with Crippen molar-refractivity contribution in [2.45, 2.75) is 65.1 Å². The SMILES string of the molecule is C=CCn1c(C)nnc1SCC(=O)NCCc1c(C)cc(C(C)(C)C)cc1C. The van der Waals surface area contributed by atoms with Crippen LogP contribution in [0.1, 0.15) is 48.8 Å². The fourth-order valence-electron chi connectivity index (χ4n) is 3.14. The fraction of sp³-hybridized carbons (Fsp3) is 0.500. The highest BCUT2D eigenvalue weighted by atomic mass is 32.2. The molecule has 1 heterocycles. The number of hydrogen-bond donors (Lipinski definition) is 1. The predicted molar refractivity (Wildman–Crippen MR) is 117 cm³/mol. The molecule has 2 rings (SSSR count). The zero-order chi connectivity index (χ0) is 20.9. The van der Waals surface area contributed by atoms with Crippen LogP contribution in [-0.4, -0.2) is 33.0 Å². The van der Waals surface area contributed by atoms with Crippen LogP contribution < -0.4 is 5.32 Å². The molecule has 1 aromatic carbocycles. The van der Waals surface area contributed by atoms with Gasteiger partial charge in [-0.3, -0.25) is 4.79 Å². The molecule has 1 N–H and O–H groups in total. The Morgan fingerprint density at radius 3 is 2.43 bits per heavy atom. The molecule has 1 amide bonds. The number of benzene rings is 1. The van der Waals surface area contributed by atoms with Gasteiger partial charge in [0.25, 0.3) is 0 Å². The van der Waals surface area contributed by atoms with Gasteiger partial charge >= 0.3 is 0 Å². The third-order valence-electron chi connectivity index (χ3n) is 4.81. The van der Waals surface area contributed by atoms with Gasteiger partial charge in [-0.2, -0.15) is 0 Å². The number of allylic oxidation sites excluding steroid dienone is 1. The maximum atomic E-state index is 12.2. The Hall–Kier alpha value is -2.08. The fourth-order valence-corrected chi connectivity index (χ4v) is 3.96. The smallest absolute Gasteiger partial charge is 0.230 e. The number of amides is 1. The minimum atomic E-state index is 0.0115. The van der Waals surface area contributed by atoms with Crippen molar-refractivity contribution in [3.05, 3.63) is 52.9 Å². The number of carbonyl (C=O) groups is 1. The number of aromatic nitrogens is 3. The average molecular weight is 401 g/mol. The molecular formula is C22H32N4OS. The van der Waals surface area contributed by atoms with E-state index < -0.39 is 0 Å². The van der Waals surface area contributed by atoms with Crippen LogP contribution in [0.3, 0.4) is 0 Å². The first kappa shape index (κ1) is 22.2. The highest BCUT2D eigenvalue weighted by Gasteiger charge is 2.16. The van der Waals surface area contributed by atoms with Crippen molar-refractivity contribution in [2.75, 3.05) is 12.3 Å². The largest absolute Gasteiger partial charge is 0.355 e. The Labute approximate surface area is 173 Å². The van der Waals surface area contributed by atoms with E-state index in [1.54, 1.807) is 6.08 Å². The van der Waals surface area contributed by atoms with Gasteiger partial charge in [0.2, 0.25) is 5.91 Å². The summed E-state index contributed by atoms with van der Waals surface area (Å²) in [4.78, 5) is 12.2. The number of hydrogen-bond acceptors (Lipinski definition) is 4. The van der Waals surface area contributed by atoms with Gasteiger partial charge in [-0.15, -0.1) is 16.8 Å². The van der Waals surface area contributed by atoms with Gasteiger partial charge in [0.15, 0.2) is 5.16 Å². The van der Waals surface area contributed by atoms with Crippen molar-refractivity contribution in [1.82, 2.24) is 20.1 Å². The van der Waals surface area contributed by atoms with Gasteiger partial charge in [-0.1, -0.05) is 50.7 Å². The molecule has 0 aliphatic rings. The molecule has 0 unspecified atom stereocenters. The van der Waals surface area contributed by atoms with E-state index in [0.29, 0.717) is 18.8 Å². The van der Waals surface area contributed by atoms with E-state index in [2.05, 4.69) is 68.8 Å². The number of rotatable bonds is 8. The first-order valence-electron chi connectivity index (χ1n) is 9.64. The van der Waals surface area contributed by atoms with Gasteiger partial charge in [0.1, 0.15) is 5.82 Å². The number of aryl methyl sites for hydroxylation is 3. The van der Waals surface area contributed by atoms with Gasteiger partial charge in [-0.25, -0.2) is 0 Å². The standard InChI is InChI=1S/C22H32N4OS/c1-8-11-26-17(4)24-25-21(26)28-14-20(27)23-10-9-19-15(2)12-18(13-16(19)3)22(5,6)7/h8,12-13H,1,9-11,14H2,2-7H3,(H,23,27). The molecule has 0 fully saturated rings. The summed E-state index contributed by atoms with van der Waals surface area (Å²) in [6.07, 6.45) is 2.64. The third-order valence-corrected chi connectivity index (χ3v) is 5.77. The molecule has 5 nitrogen and oxygen atoms in total. The summed E-state index contributed by atoms with van der Waals surface area (Å²) in [6, 6.07) is 4.55. The van der Waals surface area contributed by atoms with E-state index >= 15 is 0 Å². The van der Waals surface area contributed by atoms with Crippen LogP contribution >= 0.6 is 11.8 Å². The minimum Gasteiger partial charge on any atom is -0.355 e. The summed E-state index contributed by atoms with van der Waals surface area (Å²) in [6.45, 7) is 17.9. The molecule has 152 valence electrons. The van der Waals surface area contributed by atoms with E-state index in [1.807, 2.05) is 11.5 Å². The van der Waals surface area contributed by atoms with E-state index in [0.717, 1.165) is 17.4 Å². The summed E-state index contributed by atoms with van der Waals surface area (Å²) in [7, 11) is 0. The van der Waals surface area contributed by atoms with Crippen LogP contribution in [0.2, 0.25) is 0 Å². The molecule has 0 spiro atoms. The molecule has 0 bridgehead atoms. The number of nitrogens with zero attached hydrogens (tertiary/aromatic N) is 3. The Kier molecular flexibility index (Phi) is 7.47. The molecule has 2 aromatic rings. The molecule has 0 aliphatic heterocycles. The van der Waals surface area contributed by atoms with E-state index in [1.165, 1.54) is 34.0 Å². The number of nitrogens with one attached hydrogen (secondary N) is 1. The third kappa shape index (κ3) is 5.71. The minimum absolute atomic E-state index is 0.0115. The Balaban J connectivity index is 1.88. The second-order valence-electron chi connectivity index (χ2n) is 8.16. The second-order valence-corrected chi connectivity index (χ2v) is 9.10. The Bertz CT molecular complexity index is 826. The lowest BCUT2D eigenvalue weighted by Gasteiger charge is -2.22. The summed E-state index contributed by atoms with van der Waals surface area (Å²) in [5.74, 6) is 1.17. The van der Waals surface area contributed by atoms with Crippen LogP contribution in [0.5, 0.6) is 0 Å². The topological polar surface area (TPSA) is 59.8 Å². The molecule has 0 saturated heterocycles. The Morgan fingerprint density at radius 2 is 1.86 bits per heavy atom. The summed E-state index contributed by atoms with van der Waals surface area (Å²) in [5.41, 5.74) is 5.40. The first-order valence-corrected chi connectivity index (χ1v) is 10.6. The summed E-state index contributed by atoms with van der Waals surface area (Å²) < 4.78 is 1.95. The first-order chi connectivity index (χ1) is 13.1. The van der Waals surface area contributed by atoms with Crippen molar-refractivity contribution < 1.29 is 4.79 Å². The van der Waals surface area contributed by atoms with E-state index in [-0.39, 0.29) is 11.3 Å². The van der Waals surface area contributed by atoms with Crippen LogP contribution in [0.25, 0.3) is 0 Å². The van der Waals surface area contributed by atoms with Crippen molar-refractivity contribution in [2.24, 2.45) is 0 Å². The maximum absolute atomic E-state index is 12.2. The van der Waals surface area contributed by atoms with Crippen molar-refractivity contribution >= 4 is 17.7 Å². The van der Waals surface area contributed by atoms with Crippen molar-refractivity contribution in [1.29, 1.82) is 0 Å². The van der Waals surface area contributed by atoms with Crippen LogP contribution in [-0.2, 0) is 23.2 Å². The molecule has 6 heteroatoms. The molecule has 0 radical (unpaired) electrons. The normalized spacial score (nSPS) is 11.5. The van der Waals surface area contributed by atoms with Crippen LogP contribution in [0, 0.1) is 20.8 Å². The van der Waals surface area contributed by atoms with E-state index in [4.69, 9.17) is 0 Å². The summed E-state index contributed by atoms with van der Waals surface area (Å²) in [5, 5.41) is 12.0. The van der Waals surface area contributed by atoms with Crippen molar-refractivity contribution in [3.8, 4) is 0 Å². The lowest BCUT2D eigenvalue weighted by atomic mass is 9.83. The molecular weight excluding hydrogens is 368 g/mol. The summed E-state index contributed by atoms with van der Waals surface area (Å²) >= 11 is 1.40. The lowest BCUT2D eigenvalue weighted by Crippen LogP contribution is -2.28. The van der Waals surface area contributed by atoms with Crippen LogP contribution in [0.15, 0.2) is 29.9 Å². The van der Waals surface area contributed by atoms with Gasteiger partial charge in [0.05, 0.1) is 5.75 Å². The lowest BCUT2D eigenvalue weighted by molar-refractivity contribution is -0.118. The van der Waals surface area contributed by atoms with Gasteiger partial charge in [-0.05, 0) is 54.9 Å². The van der Waals surface area contributed by atoms with E-state index in [9.17, 15) is 4.79 Å². The van der Waals surface area contributed by atoms with Crippen LogP contribution in [0.4, 0.5) is 0 Å². The quantitative estimate of drug-likeness (QED) is 0.534. The zero-order valence-corrected chi connectivity index (χ0v) is 18.7. The maximum Gasteiger partial charge on any atom is 0.230 e. The average Bonchev–Trinajstić information content (AvgIpc) is 2.95. The number of carbonyl (C=O) groups excluding carboxylic acids is 1. The second kappa shape index (κ2) is 9.41. The number of thioether (sulfide) groups is 1. The monoisotopic (exact) mass is 400 g/mol. The molecule has 28 heavy (non-hydrogen) atoms. The molecule has 0 saturated carbocycles. The van der Waals surface area contributed by atoms with Gasteiger partial charge < -0.3 is 9.88 Å². The highest BCUT2D eigenvalue weighted by molar-refractivity contribution is 7.99. The zero-order valence-electron chi connectivity index (χ0n) is 17.9. The molecule has 1 aromatic heterocycles. The Morgan fingerprint density at radius 1 is 1.21 bits per heavy atom. The van der Waals surface area contributed by atoms with Gasteiger partial charge in [0, 0.05) is 13.1 Å². The predicted octanol–water partition coefficient (Wildman–Crippen LogP) is 4.14. The van der Waals surface area contributed by atoms with Crippen molar-refractivity contribution in [3.63, 3.8) is 0 Å². The molecule has 0 atom stereocenters.